The van der Waals surface area contributed by atoms with Crippen LogP contribution in [0.2, 0.25) is 0 Å². The van der Waals surface area contributed by atoms with Crippen molar-refractivity contribution in [1.29, 1.82) is 0 Å². The van der Waals surface area contributed by atoms with E-state index in [1.165, 1.54) is 22.1 Å². The lowest BCUT2D eigenvalue weighted by Crippen LogP contribution is -2.33. The highest BCUT2D eigenvalue weighted by Crippen LogP contribution is 2.37. The number of ether oxygens (including phenoxy) is 1. The summed E-state index contributed by atoms with van der Waals surface area (Å²) in [7, 11) is 3.66. The lowest BCUT2D eigenvalue weighted by molar-refractivity contribution is 0.189. The Morgan fingerprint density at radius 1 is 1.17 bits per heavy atom. The molecule has 5 heteroatoms. The van der Waals surface area contributed by atoms with Crippen molar-refractivity contribution in [3.63, 3.8) is 0 Å². The van der Waals surface area contributed by atoms with Gasteiger partial charge in [-0.25, -0.2) is 0 Å². The zero-order valence-electron chi connectivity index (χ0n) is 18.0. The van der Waals surface area contributed by atoms with Crippen LogP contribution in [0.5, 0.6) is 5.75 Å². The molecule has 0 saturated carbocycles. The second-order valence-electron chi connectivity index (χ2n) is 8.13. The van der Waals surface area contributed by atoms with Crippen LogP contribution in [-0.4, -0.2) is 37.3 Å². The van der Waals surface area contributed by atoms with Gasteiger partial charge in [0.1, 0.15) is 5.75 Å². The van der Waals surface area contributed by atoms with Crippen LogP contribution < -0.4 is 15.8 Å². The van der Waals surface area contributed by atoms with Crippen molar-refractivity contribution in [2.75, 3.05) is 32.6 Å². The van der Waals surface area contributed by atoms with E-state index in [1.807, 2.05) is 13.1 Å². The first-order chi connectivity index (χ1) is 14.5. The number of benzene rings is 3. The van der Waals surface area contributed by atoms with Crippen molar-refractivity contribution >= 4 is 16.5 Å². The molecule has 30 heavy (non-hydrogen) atoms. The fourth-order valence-corrected chi connectivity index (χ4v) is 4.46. The summed E-state index contributed by atoms with van der Waals surface area (Å²) in [5.41, 5.74) is 12.0. The second kappa shape index (κ2) is 8.64. The van der Waals surface area contributed by atoms with Crippen molar-refractivity contribution in [3.8, 4) is 5.75 Å². The summed E-state index contributed by atoms with van der Waals surface area (Å²) in [6, 6.07) is 17.2. The molecule has 4 rings (SSSR count). The summed E-state index contributed by atoms with van der Waals surface area (Å²) in [5, 5.41) is 14.9. The van der Waals surface area contributed by atoms with E-state index >= 15 is 0 Å². The van der Waals surface area contributed by atoms with Crippen LogP contribution in [0.1, 0.15) is 41.3 Å². The molecule has 0 radical (unpaired) electrons. The topological polar surface area (TPSA) is 70.8 Å². The number of anilines is 1. The molecule has 1 heterocycles. The fourth-order valence-electron chi connectivity index (χ4n) is 4.46. The average molecular weight is 406 g/mol. The van der Waals surface area contributed by atoms with Crippen LogP contribution >= 0.6 is 0 Å². The molecular weight excluding hydrogens is 374 g/mol. The SMILES string of the molecule is CNc1cc2c(cc1OC)CCN(Cc1ccc3cc(C(N)CO)ccc3c1)C2C. The van der Waals surface area contributed by atoms with Crippen molar-refractivity contribution in [2.45, 2.75) is 32.0 Å². The normalized spacial score (nSPS) is 17.6. The van der Waals surface area contributed by atoms with E-state index < -0.39 is 0 Å². The van der Waals surface area contributed by atoms with Gasteiger partial charge >= 0.3 is 0 Å². The van der Waals surface area contributed by atoms with Gasteiger partial charge < -0.3 is 20.9 Å². The Morgan fingerprint density at radius 3 is 2.67 bits per heavy atom. The van der Waals surface area contributed by atoms with Gasteiger partial charge in [0.15, 0.2) is 0 Å². The predicted octanol–water partition coefficient (Wildman–Crippen LogP) is 4.00. The Labute approximate surface area is 178 Å². The summed E-state index contributed by atoms with van der Waals surface area (Å²) in [6.45, 7) is 4.18. The number of nitrogens with one attached hydrogen (secondary N) is 1. The molecule has 0 amide bonds. The van der Waals surface area contributed by atoms with Crippen molar-refractivity contribution in [2.24, 2.45) is 5.73 Å². The first-order valence-corrected chi connectivity index (χ1v) is 10.6. The number of hydrogen-bond acceptors (Lipinski definition) is 5. The minimum atomic E-state index is -0.329. The molecule has 158 valence electrons. The maximum Gasteiger partial charge on any atom is 0.142 e. The van der Waals surface area contributed by atoms with Crippen LogP contribution in [0, 0.1) is 0 Å². The van der Waals surface area contributed by atoms with E-state index in [1.54, 1.807) is 7.11 Å². The summed E-state index contributed by atoms with van der Waals surface area (Å²) in [6.07, 6.45) is 1.02. The number of aliphatic hydroxyl groups is 1. The molecule has 2 unspecified atom stereocenters. The number of hydrogen-bond donors (Lipinski definition) is 3. The number of rotatable bonds is 6. The highest BCUT2D eigenvalue weighted by Gasteiger charge is 2.25. The minimum absolute atomic E-state index is 0.0426. The molecule has 5 nitrogen and oxygen atoms in total. The number of aliphatic hydroxyl groups excluding tert-OH is 1. The Morgan fingerprint density at radius 2 is 1.93 bits per heavy atom. The fraction of sp³-hybridized carbons (Fsp3) is 0.360. The van der Waals surface area contributed by atoms with Crippen LogP contribution in [0.4, 0.5) is 5.69 Å². The summed E-state index contributed by atoms with van der Waals surface area (Å²) < 4.78 is 5.53. The van der Waals surface area contributed by atoms with Crippen molar-refractivity contribution in [1.82, 2.24) is 4.90 Å². The smallest absolute Gasteiger partial charge is 0.142 e. The van der Waals surface area contributed by atoms with Gasteiger partial charge in [0, 0.05) is 26.2 Å². The predicted molar refractivity (Wildman–Crippen MR) is 123 cm³/mol. The molecule has 0 spiro atoms. The molecule has 3 aromatic carbocycles. The van der Waals surface area contributed by atoms with Crippen LogP contribution in [0.3, 0.4) is 0 Å². The van der Waals surface area contributed by atoms with Crippen LogP contribution in [-0.2, 0) is 13.0 Å². The van der Waals surface area contributed by atoms with Crippen molar-refractivity contribution < 1.29 is 9.84 Å². The molecule has 0 saturated heterocycles. The van der Waals surface area contributed by atoms with E-state index in [2.05, 4.69) is 59.6 Å². The van der Waals surface area contributed by atoms with Gasteiger partial charge in [0.05, 0.1) is 25.4 Å². The molecular formula is C25H31N3O2. The van der Waals surface area contributed by atoms with E-state index in [0.717, 1.165) is 41.9 Å². The van der Waals surface area contributed by atoms with Gasteiger partial charge in [0.25, 0.3) is 0 Å². The van der Waals surface area contributed by atoms with Gasteiger partial charge in [-0.1, -0.05) is 24.3 Å². The highest BCUT2D eigenvalue weighted by molar-refractivity contribution is 5.84. The van der Waals surface area contributed by atoms with Gasteiger partial charge in [-0.05, 0) is 70.6 Å². The largest absolute Gasteiger partial charge is 0.495 e. The second-order valence-corrected chi connectivity index (χ2v) is 8.13. The summed E-state index contributed by atoms with van der Waals surface area (Å²) in [4.78, 5) is 2.53. The maximum absolute atomic E-state index is 9.30. The lowest BCUT2D eigenvalue weighted by atomic mass is 9.92. The Hall–Kier alpha value is -2.60. The van der Waals surface area contributed by atoms with E-state index in [-0.39, 0.29) is 12.6 Å². The van der Waals surface area contributed by atoms with Crippen molar-refractivity contribution in [3.05, 3.63) is 70.8 Å². The molecule has 0 aliphatic carbocycles. The summed E-state index contributed by atoms with van der Waals surface area (Å²) >= 11 is 0. The Bertz CT molecular complexity index is 1050. The van der Waals surface area contributed by atoms with E-state index in [9.17, 15) is 5.11 Å². The Kier molecular flexibility index (Phi) is 5.95. The molecule has 0 fully saturated rings. The molecule has 0 aromatic heterocycles. The zero-order valence-corrected chi connectivity index (χ0v) is 18.0. The number of nitrogens with two attached hydrogens (primary N) is 1. The van der Waals surface area contributed by atoms with Gasteiger partial charge in [-0.15, -0.1) is 0 Å². The first kappa shape index (κ1) is 20.7. The van der Waals surface area contributed by atoms with E-state index in [4.69, 9.17) is 10.5 Å². The minimum Gasteiger partial charge on any atom is -0.495 e. The third-order valence-electron chi connectivity index (χ3n) is 6.34. The third-order valence-corrected chi connectivity index (χ3v) is 6.34. The average Bonchev–Trinajstić information content (AvgIpc) is 2.79. The van der Waals surface area contributed by atoms with Gasteiger partial charge in [-0.2, -0.15) is 0 Å². The number of nitrogens with zero attached hydrogens (tertiary/aromatic N) is 1. The molecule has 0 bridgehead atoms. The molecule has 1 aliphatic rings. The number of methoxy groups -OCH3 is 1. The van der Waals surface area contributed by atoms with Crippen LogP contribution in [0.25, 0.3) is 10.8 Å². The van der Waals surface area contributed by atoms with Crippen LogP contribution in [0.15, 0.2) is 48.5 Å². The number of fused-ring (bicyclic) bond motifs is 2. The van der Waals surface area contributed by atoms with Gasteiger partial charge in [-0.3, -0.25) is 4.90 Å². The third kappa shape index (κ3) is 3.88. The quantitative estimate of drug-likeness (QED) is 0.578. The molecule has 4 N–H and O–H groups in total. The standard InChI is InChI=1S/C25H31N3O2/c1-16-22-13-24(27-2)25(30-3)12-20(22)8-9-28(16)14-17-4-5-19-11-21(23(26)15-29)7-6-18(19)10-17/h4-7,10-13,16,23,27,29H,8-9,14-15,26H2,1-3H3. The highest BCUT2D eigenvalue weighted by atomic mass is 16.5. The van der Waals surface area contributed by atoms with E-state index in [0.29, 0.717) is 6.04 Å². The lowest BCUT2D eigenvalue weighted by Gasteiger charge is -2.36. The molecule has 1 aliphatic heterocycles. The monoisotopic (exact) mass is 405 g/mol. The molecule has 3 aromatic rings. The Balaban J connectivity index is 1.56. The molecule has 2 atom stereocenters. The first-order valence-electron chi connectivity index (χ1n) is 10.6. The summed E-state index contributed by atoms with van der Waals surface area (Å²) in [5.74, 6) is 0.909. The van der Waals surface area contributed by atoms with Gasteiger partial charge in [0.2, 0.25) is 0 Å². The zero-order chi connectivity index (χ0) is 21.3. The maximum atomic E-state index is 9.30.